The van der Waals surface area contributed by atoms with E-state index in [4.69, 9.17) is 0 Å². The smallest absolute Gasteiger partial charge is 0.197 e. The summed E-state index contributed by atoms with van der Waals surface area (Å²) >= 11 is 1.55. The van der Waals surface area contributed by atoms with Gasteiger partial charge in [0.05, 0.1) is 0 Å². The number of anilines is 1. The van der Waals surface area contributed by atoms with Gasteiger partial charge in [-0.1, -0.05) is 48.5 Å². The summed E-state index contributed by atoms with van der Waals surface area (Å²) in [4.78, 5) is 8.74. The van der Waals surface area contributed by atoms with E-state index < -0.39 is 0 Å². The number of hydrogen-bond donors (Lipinski definition) is 2. The quantitative estimate of drug-likeness (QED) is 0.829. The van der Waals surface area contributed by atoms with E-state index in [-0.39, 0.29) is 0 Å². The third-order valence-corrected chi connectivity index (χ3v) is 4.21. The van der Waals surface area contributed by atoms with E-state index >= 15 is 0 Å². The molecule has 0 atom stereocenters. The van der Waals surface area contributed by atoms with Crippen LogP contribution in [0.4, 0.5) is 5.69 Å². The summed E-state index contributed by atoms with van der Waals surface area (Å²) in [6.07, 6.45) is 2.83. The second-order valence-corrected chi connectivity index (χ2v) is 6.35. The number of nitrogens with one attached hydrogen (secondary N) is 2. The molecule has 1 heterocycles. The minimum Gasteiger partial charge on any atom is -0.387 e. The van der Waals surface area contributed by atoms with Gasteiger partial charge in [-0.2, -0.15) is 4.99 Å². The van der Waals surface area contributed by atoms with Crippen molar-refractivity contribution in [3.8, 4) is 0 Å². The number of allylic oxidation sites excluding steroid dienone is 1. The van der Waals surface area contributed by atoms with Crippen LogP contribution in [0.2, 0.25) is 0 Å². The summed E-state index contributed by atoms with van der Waals surface area (Å²) in [6.45, 7) is 2.92. The average molecular weight is 336 g/mol. The first-order valence-corrected chi connectivity index (χ1v) is 8.72. The van der Waals surface area contributed by atoms with Crippen LogP contribution in [0.1, 0.15) is 12.5 Å². The predicted molar refractivity (Wildman–Crippen MR) is 104 cm³/mol. The molecular formula is C19H20N4S. The zero-order valence-electron chi connectivity index (χ0n) is 13.6. The standard InChI is InChI=1S/C19H20N4S/c1-15(20-13-12-16-8-4-2-5-9-16)14-21-18-23-19(24-18)22-17-10-6-3-7-11-17/h2-11,14,20H,12-13H2,1H3,(H,21,22,23). The van der Waals surface area contributed by atoms with Gasteiger partial charge in [-0.15, -0.1) is 0 Å². The fourth-order valence-corrected chi connectivity index (χ4v) is 2.76. The van der Waals surface area contributed by atoms with Crippen molar-refractivity contribution in [1.29, 1.82) is 0 Å². The molecular weight excluding hydrogens is 316 g/mol. The summed E-state index contributed by atoms with van der Waals surface area (Å²) in [5.74, 6) is 0. The number of hydrogen-bond acceptors (Lipinski definition) is 4. The molecule has 0 aromatic heterocycles. The molecule has 2 aromatic rings. The van der Waals surface area contributed by atoms with Crippen LogP contribution in [0.15, 0.2) is 82.5 Å². The highest BCUT2D eigenvalue weighted by Crippen LogP contribution is 2.22. The van der Waals surface area contributed by atoms with Crippen LogP contribution in [0.3, 0.4) is 0 Å². The van der Waals surface area contributed by atoms with Crippen LogP contribution in [0, 0.1) is 0 Å². The minimum absolute atomic E-state index is 0.776. The van der Waals surface area contributed by atoms with Crippen molar-refractivity contribution in [2.24, 2.45) is 9.98 Å². The molecule has 122 valence electrons. The van der Waals surface area contributed by atoms with E-state index in [1.165, 1.54) is 5.56 Å². The first-order valence-electron chi connectivity index (χ1n) is 7.90. The molecule has 2 aromatic carbocycles. The van der Waals surface area contributed by atoms with Crippen molar-refractivity contribution in [3.05, 3.63) is 78.1 Å². The first-order chi connectivity index (χ1) is 11.8. The van der Waals surface area contributed by atoms with Crippen molar-refractivity contribution in [2.45, 2.75) is 13.3 Å². The van der Waals surface area contributed by atoms with Gasteiger partial charge in [0.15, 0.2) is 10.3 Å². The Balaban J connectivity index is 1.43. The monoisotopic (exact) mass is 336 g/mol. The lowest BCUT2D eigenvalue weighted by Crippen LogP contribution is -2.19. The highest BCUT2D eigenvalue weighted by molar-refractivity contribution is 8.29. The van der Waals surface area contributed by atoms with E-state index in [1.54, 1.807) is 11.8 Å². The zero-order valence-corrected chi connectivity index (χ0v) is 14.4. The van der Waals surface area contributed by atoms with Crippen LogP contribution < -0.4 is 10.6 Å². The van der Waals surface area contributed by atoms with Gasteiger partial charge in [0.2, 0.25) is 0 Å². The molecule has 0 unspecified atom stereocenters. The number of amidine groups is 2. The molecule has 0 bridgehead atoms. The Bertz CT molecular complexity index is 751. The van der Waals surface area contributed by atoms with E-state index in [9.17, 15) is 0 Å². The zero-order chi connectivity index (χ0) is 16.6. The fraction of sp³-hybridized carbons (Fsp3) is 0.158. The van der Waals surface area contributed by atoms with E-state index in [0.29, 0.717) is 0 Å². The van der Waals surface area contributed by atoms with Gasteiger partial charge in [-0.05, 0) is 42.8 Å². The molecule has 2 N–H and O–H groups in total. The Hall–Kier alpha value is -2.53. The average Bonchev–Trinajstić information content (AvgIpc) is 2.58. The van der Waals surface area contributed by atoms with Gasteiger partial charge >= 0.3 is 0 Å². The highest BCUT2D eigenvalue weighted by atomic mass is 32.2. The van der Waals surface area contributed by atoms with Crippen LogP contribution in [0.5, 0.6) is 0 Å². The van der Waals surface area contributed by atoms with Gasteiger partial charge in [-0.3, -0.25) is 0 Å². The molecule has 3 rings (SSSR count). The second kappa shape index (κ2) is 8.36. The molecule has 24 heavy (non-hydrogen) atoms. The topological polar surface area (TPSA) is 48.8 Å². The fourth-order valence-electron chi connectivity index (χ4n) is 2.18. The third kappa shape index (κ3) is 4.99. The Labute approximate surface area is 146 Å². The number of para-hydroxylation sites is 1. The van der Waals surface area contributed by atoms with Crippen molar-refractivity contribution in [1.82, 2.24) is 5.32 Å². The molecule has 0 radical (unpaired) electrons. The van der Waals surface area contributed by atoms with Gasteiger partial charge in [0.25, 0.3) is 0 Å². The minimum atomic E-state index is 0.776. The maximum atomic E-state index is 4.37. The van der Waals surface area contributed by atoms with Gasteiger partial charge < -0.3 is 10.6 Å². The van der Waals surface area contributed by atoms with Crippen molar-refractivity contribution in [3.63, 3.8) is 0 Å². The molecule has 4 nitrogen and oxygen atoms in total. The summed E-state index contributed by atoms with van der Waals surface area (Å²) in [5, 5.41) is 8.26. The van der Waals surface area contributed by atoms with Crippen molar-refractivity contribution >= 4 is 27.8 Å². The van der Waals surface area contributed by atoms with Gasteiger partial charge in [0.1, 0.15) is 0 Å². The molecule has 0 amide bonds. The summed E-state index contributed by atoms with van der Waals surface area (Å²) in [6, 6.07) is 20.5. The molecule has 0 saturated carbocycles. The predicted octanol–water partition coefficient (Wildman–Crippen LogP) is 4.25. The van der Waals surface area contributed by atoms with Gasteiger partial charge in [-0.25, -0.2) is 4.99 Å². The Morgan fingerprint density at radius 3 is 2.46 bits per heavy atom. The molecule has 1 aliphatic heterocycles. The number of benzene rings is 2. The third-order valence-electron chi connectivity index (χ3n) is 3.44. The van der Waals surface area contributed by atoms with Crippen LogP contribution in [-0.4, -0.2) is 16.9 Å². The largest absolute Gasteiger partial charge is 0.387 e. The van der Waals surface area contributed by atoms with E-state index in [0.717, 1.165) is 34.7 Å². The summed E-state index contributed by atoms with van der Waals surface area (Å²) in [7, 11) is 0. The molecule has 0 spiro atoms. The Morgan fingerprint density at radius 1 is 1.08 bits per heavy atom. The second-order valence-electron chi connectivity index (χ2n) is 5.40. The van der Waals surface area contributed by atoms with Crippen molar-refractivity contribution in [2.75, 3.05) is 11.9 Å². The molecule has 1 aliphatic rings. The number of rotatable bonds is 6. The summed E-state index contributed by atoms with van der Waals surface area (Å²) in [5.41, 5.74) is 3.41. The normalized spacial score (nSPS) is 15.6. The lowest BCUT2D eigenvalue weighted by Gasteiger charge is -2.15. The lowest BCUT2D eigenvalue weighted by molar-refractivity contribution is 0.785. The molecule has 0 saturated heterocycles. The lowest BCUT2D eigenvalue weighted by atomic mass is 10.1. The number of thioether (sulfide) groups is 1. The molecule has 0 fully saturated rings. The Morgan fingerprint density at radius 2 is 1.75 bits per heavy atom. The number of aliphatic imine (C=N–C) groups is 2. The van der Waals surface area contributed by atoms with Crippen LogP contribution in [0.25, 0.3) is 0 Å². The Kier molecular flexibility index (Phi) is 5.69. The first kappa shape index (κ1) is 16.3. The van der Waals surface area contributed by atoms with Crippen molar-refractivity contribution < 1.29 is 0 Å². The van der Waals surface area contributed by atoms with E-state index in [2.05, 4.69) is 44.9 Å². The van der Waals surface area contributed by atoms with Crippen LogP contribution >= 0.6 is 11.8 Å². The van der Waals surface area contributed by atoms with Gasteiger partial charge in [0, 0.05) is 24.1 Å². The maximum absolute atomic E-state index is 4.37. The number of nitrogens with zero attached hydrogens (tertiary/aromatic N) is 2. The highest BCUT2D eigenvalue weighted by Gasteiger charge is 2.16. The molecule has 0 aliphatic carbocycles. The maximum Gasteiger partial charge on any atom is 0.197 e. The van der Waals surface area contributed by atoms with E-state index in [1.807, 2.05) is 49.5 Å². The SMILES string of the molecule is CC(=CN=C1N=C(Nc2ccccc2)S1)NCCc1ccccc1. The van der Waals surface area contributed by atoms with Crippen LogP contribution in [-0.2, 0) is 6.42 Å². The summed E-state index contributed by atoms with van der Waals surface area (Å²) < 4.78 is 0. The molecule has 5 heteroatoms.